The first-order valence-corrected chi connectivity index (χ1v) is 27.8. The Morgan fingerprint density at radius 1 is 0.557 bits per heavy atom. The van der Waals surface area contributed by atoms with E-state index in [0.717, 1.165) is 61.4 Å². The van der Waals surface area contributed by atoms with Gasteiger partial charge in [0.15, 0.2) is 0 Å². The summed E-state index contributed by atoms with van der Waals surface area (Å²) in [5.41, 5.74) is 18.7. The van der Waals surface area contributed by atoms with Crippen LogP contribution in [0.15, 0.2) is 180 Å². The molecule has 13 rings (SSSR count). The number of imidazole rings is 1. The first-order chi connectivity index (χ1) is 37.4. The minimum atomic E-state index is 0. The minimum Gasteiger partial charge on any atom is -0.501 e. The number of nitrogens with zero attached hydrogens (tertiary/aromatic N) is 4. The van der Waals surface area contributed by atoms with Gasteiger partial charge in [-0.1, -0.05) is 178 Å². The predicted molar refractivity (Wildman–Crippen MR) is 327 cm³/mol. The van der Waals surface area contributed by atoms with E-state index in [1.807, 2.05) is 42.6 Å². The SMILES string of the molecule is CC(C)(C)c1ccnc(-c2[c-]cccc2)n1.CC(C)c1cc(-c2ccc(-c3ccc4c(c3)C(C)(C)CCC4(C)C)cc2)cc(C(C)C)c1-n1c(-c2[c-]ccc3c2oc2cc4c(ccc5ccccc54)cc23)nc2ccccc21.[Ir]. The molecule has 3 heterocycles. The van der Waals surface area contributed by atoms with Crippen molar-refractivity contribution >= 4 is 54.5 Å². The topological polar surface area (TPSA) is 56.7 Å². The molecule has 0 N–H and O–H groups in total. The molecule has 397 valence electrons. The van der Waals surface area contributed by atoms with Crippen molar-refractivity contribution in [2.75, 3.05) is 0 Å². The van der Waals surface area contributed by atoms with E-state index in [0.29, 0.717) is 0 Å². The fraction of sp³-hybridized carbons (Fsp3) is 0.247. The van der Waals surface area contributed by atoms with Crippen LogP contribution in [0.1, 0.15) is 129 Å². The number of para-hydroxylation sites is 2. The van der Waals surface area contributed by atoms with Crippen molar-refractivity contribution in [3.05, 3.63) is 216 Å². The van der Waals surface area contributed by atoms with Crippen molar-refractivity contribution in [1.29, 1.82) is 0 Å². The zero-order valence-corrected chi connectivity index (χ0v) is 49.7. The third kappa shape index (κ3) is 9.82. The Morgan fingerprint density at radius 3 is 1.92 bits per heavy atom. The summed E-state index contributed by atoms with van der Waals surface area (Å²) in [7, 11) is 0. The van der Waals surface area contributed by atoms with Crippen molar-refractivity contribution < 1.29 is 24.5 Å². The zero-order chi connectivity index (χ0) is 54.3. The molecule has 5 nitrogen and oxygen atoms in total. The Bertz CT molecular complexity index is 4220. The van der Waals surface area contributed by atoms with Gasteiger partial charge in [-0.25, -0.2) is 0 Å². The maximum Gasteiger partial charge on any atom is 0.121 e. The molecule has 79 heavy (non-hydrogen) atoms. The van der Waals surface area contributed by atoms with E-state index >= 15 is 0 Å². The molecule has 3 aromatic heterocycles. The summed E-state index contributed by atoms with van der Waals surface area (Å²) in [6.07, 6.45) is 4.24. The Labute approximate surface area is 479 Å². The van der Waals surface area contributed by atoms with Gasteiger partial charge in [0.25, 0.3) is 0 Å². The Balaban J connectivity index is 0.000000334. The molecule has 0 spiro atoms. The van der Waals surface area contributed by atoms with Gasteiger partial charge in [0.05, 0.1) is 28.3 Å². The summed E-state index contributed by atoms with van der Waals surface area (Å²) in [5.74, 6) is 2.07. The second kappa shape index (κ2) is 20.6. The summed E-state index contributed by atoms with van der Waals surface area (Å²) >= 11 is 0. The number of hydrogen-bond acceptors (Lipinski definition) is 4. The van der Waals surface area contributed by atoms with Gasteiger partial charge >= 0.3 is 0 Å². The molecule has 1 radical (unpaired) electrons. The van der Waals surface area contributed by atoms with Crippen LogP contribution in [-0.4, -0.2) is 19.5 Å². The molecule has 0 unspecified atom stereocenters. The molecule has 0 amide bonds. The summed E-state index contributed by atoms with van der Waals surface area (Å²) in [4.78, 5) is 14.3. The monoisotopic (exact) mass is 1210 g/mol. The van der Waals surface area contributed by atoms with E-state index < -0.39 is 0 Å². The Morgan fingerprint density at radius 2 is 1.22 bits per heavy atom. The smallest absolute Gasteiger partial charge is 0.121 e. The van der Waals surface area contributed by atoms with Gasteiger partial charge in [-0.2, -0.15) is 0 Å². The van der Waals surface area contributed by atoms with E-state index in [4.69, 9.17) is 9.40 Å². The van der Waals surface area contributed by atoms with Crippen LogP contribution in [0.25, 0.3) is 105 Å². The van der Waals surface area contributed by atoms with Crippen LogP contribution in [0.2, 0.25) is 0 Å². The molecule has 0 saturated heterocycles. The molecular weight excluding hydrogens is 1140 g/mol. The molecule has 1 aliphatic rings. The van der Waals surface area contributed by atoms with Gasteiger partial charge in [0.2, 0.25) is 0 Å². The number of rotatable bonds is 7. The zero-order valence-electron chi connectivity index (χ0n) is 47.3. The number of fused-ring (bicyclic) bond motifs is 8. The molecule has 0 fully saturated rings. The molecule has 1 aliphatic carbocycles. The number of aromatic nitrogens is 4. The van der Waals surface area contributed by atoms with Crippen molar-refractivity contribution in [2.45, 2.75) is 117 Å². The average molecular weight is 1210 g/mol. The summed E-state index contributed by atoms with van der Waals surface area (Å²) in [5, 5.41) is 7.01. The van der Waals surface area contributed by atoms with Crippen LogP contribution in [0.4, 0.5) is 0 Å². The number of benzene rings is 9. The van der Waals surface area contributed by atoms with E-state index in [1.54, 1.807) is 0 Å². The van der Waals surface area contributed by atoms with E-state index in [2.05, 4.69) is 236 Å². The summed E-state index contributed by atoms with van der Waals surface area (Å²) in [6.45, 7) is 25.3. The van der Waals surface area contributed by atoms with E-state index in [9.17, 15) is 0 Å². The largest absolute Gasteiger partial charge is 0.501 e. The van der Waals surface area contributed by atoms with Gasteiger partial charge < -0.3 is 8.98 Å². The molecule has 0 aliphatic heterocycles. The molecule has 0 bridgehead atoms. The van der Waals surface area contributed by atoms with Crippen LogP contribution < -0.4 is 0 Å². The Kier molecular flexibility index (Phi) is 14.0. The standard InChI is InChI=1S/C59H53N2O.C14H15N2.Ir/c1-35(2)46-31-42(38-22-20-37(21-23-38)40-26-27-50-51(33-40)59(7,8)29-28-58(50,5)6)32-47(36(3)4)55(46)61-53-19-12-11-18-52(53)60-57(61)45-17-13-16-44-49-30-41-25-24-39-14-9-10-15-43(39)48(41)34-54(49)62-56(44)45;1-14(2,3)12-9-10-15-13(16-12)11-7-5-4-6-8-11;/h9-16,18-27,30-36H,28-29H2,1-8H3;4-7,9-10H,1-3H3;/q2*-1;. The van der Waals surface area contributed by atoms with Crippen LogP contribution in [0, 0.1) is 12.1 Å². The molecule has 0 saturated carbocycles. The number of hydrogen-bond donors (Lipinski definition) is 0. The Hall–Kier alpha value is -7.50. The van der Waals surface area contributed by atoms with Crippen molar-refractivity contribution in [3.8, 4) is 50.7 Å². The van der Waals surface area contributed by atoms with Crippen molar-refractivity contribution in [1.82, 2.24) is 19.5 Å². The minimum absolute atomic E-state index is 0. The van der Waals surface area contributed by atoms with Gasteiger partial charge in [0.1, 0.15) is 5.58 Å². The average Bonchev–Trinajstić information content (AvgIpc) is 4.22. The maximum atomic E-state index is 6.92. The molecular formula is C73H68IrN4O-2. The first kappa shape index (κ1) is 53.5. The fourth-order valence-corrected chi connectivity index (χ4v) is 11.9. The molecule has 6 heteroatoms. The summed E-state index contributed by atoms with van der Waals surface area (Å²) in [6, 6.07) is 68.0. The number of furan rings is 1. The van der Waals surface area contributed by atoms with Gasteiger partial charge in [-0.05, 0) is 144 Å². The van der Waals surface area contributed by atoms with Crippen LogP contribution in [0.5, 0.6) is 0 Å². The van der Waals surface area contributed by atoms with Crippen LogP contribution >= 0.6 is 0 Å². The van der Waals surface area contributed by atoms with E-state index in [-0.39, 0.29) is 48.2 Å². The van der Waals surface area contributed by atoms with Gasteiger partial charge in [-0.15, -0.1) is 54.1 Å². The van der Waals surface area contributed by atoms with E-state index in [1.165, 1.54) is 84.6 Å². The molecule has 9 aromatic carbocycles. The second-order valence-electron chi connectivity index (χ2n) is 24.5. The quantitative estimate of drug-likeness (QED) is 0.118. The summed E-state index contributed by atoms with van der Waals surface area (Å²) < 4.78 is 9.31. The molecule has 12 aromatic rings. The van der Waals surface area contributed by atoms with Gasteiger partial charge in [-0.3, -0.25) is 15.0 Å². The van der Waals surface area contributed by atoms with Crippen LogP contribution in [-0.2, 0) is 36.4 Å². The third-order valence-electron chi connectivity index (χ3n) is 16.5. The van der Waals surface area contributed by atoms with Gasteiger partial charge in [0, 0.05) is 48.5 Å². The van der Waals surface area contributed by atoms with Crippen molar-refractivity contribution in [3.63, 3.8) is 0 Å². The molecule has 0 atom stereocenters. The fourth-order valence-electron chi connectivity index (χ4n) is 11.9. The first-order valence-electron chi connectivity index (χ1n) is 27.8. The normalized spacial score (nSPS) is 14.0. The second-order valence-corrected chi connectivity index (χ2v) is 24.5. The maximum absolute atomic E-state index is 6.92. The van der Waals surface area contributed by atoms with Crippen LogP contribution in [0.3, 0.4) is 0 Å². The third-order valence-corrected chi connectivity index (χ3v) is 16.5. The predicted octanol–water partition coefficient (Wildman–Crippen LogP) is 19.9. The van der Waals surface area contributed by atoms with Crippen molar-refractivity contribution in [2.24, 2.45) is 0 Å².